The van der Waals surface area contributed by atoms with Crippen molar-refractivity contribution in [2.24, 2.45) is 32.5 Å². The molecule has 8 atom stereocenters. The molecule has 24 nitrogen and oxygen atoms in total. The predicted octanol–water partition coefficient (Wildman–Crippen LogP) is 21.6. The van der Waals surface area contributed by atoms with Gasteiger partial charge >= 0.3 is 0 Å². The molecule has 0 fully saturated rings. The van der Waals surface area contributed by atoms with E-state index in [2.05, 4.69) is 222 Å². The highest BCUT2D eigenvalue weighted by atomic mass is 16.5. The number of nitrogens with one attached hydrogen (secondary N) is 6. The van der Waals surface area contributed by atoms with Crippen LogP contribution in [-0.2, 0) is 38.5 Å². The Morgan fingerprint density at radius 2 is 0.496 bits per heavy atom. The van der Waals surface area contributed by atoms with Gasteiger partial charge in [0, 0.05) is 110 Å². The molecule has 0 radical (unpaired) electrons. The van der Waals surface area contributed by atoms with Gasteiger partial charge in [0.05, 0.1) is 0 Å². The van der Waals surface area contributed by atoms with Crippen LogP contribution in [0.4, 0.5) is 0 Å². The van der Waals surface area contributed by atoms with E-state index in [1.165, 1.54) is 0 Å². The van der Waals surface area contributed by atoms with Crippen LogP contribution in [0.25, 0.3) is 0 Å². The first-order valence-corrected chi connectivity index (χ1v) is 43.8. The maximum absolute atomic E-state index is 12.4. The van der Waals surface area contributed by atoms with E-state index in [4.69, 9.17) is 27.1 Å². The van der Waals surface area contributed by atoms with Gasteiger partial charge in [0.15, 0.2) is 34.2 Å². The first-order chi connectivity index (χ1) is 54.2. The minimum absolute atomic E-state index is 0.108. The van der Waals surface area contributed by atoms with Gasteiger partial charge in [-0.2, -0.15) is 0 Å². The number of aromatic nitrogens is 6. The molecular formula is C91H158N12O12. The molecule has 8 unspecified atom stereocenters. The summed E-state index contributed by atoms with van der Waals surface area (Å²) in [5.41, 5.74) is 5.72. The lowest BCUT2D eigenvalue weighted by Gasteiger charge is -2.37. The van der Waals surface area contributed by atoms with Crippen LogP contribution in [0.5, 0.6) is 0 Å². The largest absolute Gasteiger partial charge is 0.361 e. The molecule has 6 amide bonds. The van der Waals surface area contributed by atoms with Crippen LogP contribution in [0.2, 0.25) is 0 Å². The monoisotopic (exact) mass is 1610 g/mol. The fourth-order valence-electron chi connectivity index (χ4n) is 14.7. The lowest BCUT2D eigenvalue weighted by Crippen LogP contribution is -2.45. The fraction of sp³-hybridized carbons (Fsp3) is 0.736. The summed E-state index contributed by atoms with van der Waals surface area (Å²) in [6.07, 6.45) is 21.5. The van der Waals surface area contributed by atoms with E-state index in [0.29, 0.717) is 34.2 Å². The van der Waals surface area contributed by atoms with Crippen LogP contribution in [0.1, 0.15) is 425 Å². The molecule has 6 N–H and O–H groups in total. The molecule has 6 rings (SSSR count). The van der Waals surface area contributed by atoms with Crippen LogP contribution in [0, 0.1) is 53.3 Å². The molecule has 0 aromatic carbocycles. The fourth-order valence-corrected chi connectivity index (χ4v) is 14.7. The summed E-state index contributed by atoms with van der Waals surface area (Å²) < 4.78 is 30.8. The maximum atomic E-state index is 12.4. The molecule has 0 spiro atoms. The summed E-state index contributed by atoms with van der Waals surface area (Å²) in [6.45, 7) is 69.2. The third kappa shape index (κ3) is 29.3. The number of hydrogen-bond acceptors (Lipinski definition) is 18. The van der Waals surface area contributed by atoms with E-state index in [9.17, 15) is 28.8 Å². The molecule has 0 saturated carbocycles. The number of aryl methyl sites for hydroxylation is 6. The maximum Gasteiger partial charge on any atom is 0.273 e. The molecule has 6 aromatic rings. The van der Waals surface area contributed by atoms with E-state index in [-0.39, 0.29) is 104 Å². The highest BCUT2D eigenvalue weighted by Crippen LogP contribution is 2.38. The zero-order valence-corrected chi connectivity index (χ0v) is 77.8. The summed E-state index contributed by atoms with van der Waals surface area (Å²) >= 11 is 0. The zero-order valence-electron chi connectivity index (χ0n) is 77.8. The molecular weight excluding hydrogens is 1450 g/mol. The number of nitrogens with zero attached hydrogens (tertiary/aromatic N) is 6. The third-order valence-electron chi connectivity index (χ3n) is 26.9. The quantitative estimate of drug-likeness (QED) is 0.0208. The van der Waals surface area contributed by atoms with Gasteiger partial charge < -0.3 is 59.0 Å². The Hall–Kier alpha value is -7.92. The Morgan fingerprint density at radius 1 is 0.287 bits per heavy atom. The standard InChI is InChI=1S/2C16H28N2O2.3C15H26N2O2.C14H24N2O2/c1-7-10-16(6,9-3)12(5)17-15(19)14-11(4)13(8-2)20-18-14;1-7-13-11(5)14(18-20-13)15(19)17-12(6)16(8-2,9-3)10-4;1-7-12-10(4)13(17-19-12)14(18)16-11(5)15(6,8-2)9-3;1-6-9-15(5,8-3)11(4)16-14(18)13-10-12(7-2)19-17-13;1-6-12-10-13(17-19-12)14(18)16-11(5)15(7-2,8-3)9-4;1-6-11-9-12(16-18-11)13(17)15-10(4)14(5,7-2)8-3/h2*12H,7-10H2,1-6H3,(H,17,19);11H,7-9H2,1-6H3,(H,16,18);2*10-11H,6-9H2,1-5H3,(H,16,18);9-10H,6-8H2,1-5H3,(H,15,17). The summed E-state index contributed by atoms with van der Waals surface area (Å²) in [5.74, 6) is 3.74. The van der Waals surface area contributed by atoms with E-state index in [1.54, 1.807) is 18.2 Å². The summed E-state index contributed by atoms with van der Waals surface area (Å²) in [7, 11) is 0. The van der Waals surface area contributed by atoms with Crippen molar-refractivity contribution in [2.75, 3.05) is 0 Å². The smallest absolute Gasteiger partial charge is 0.273 e. The minimum Gasteiger partial charge on any atom is -0.361 e. The predicted molar refractivity (Wildman–Crippen MR) is 462 cm³/mol. The van der Waals surface area contributed by atoms with Crippen LogP contribution in [0.15, 0.2) is 45.3 Å². The Labute approximate surface area is 692 Å². The van der Waals surface area contributed by atoms with Gasteiger partial charge in [0.25, 0.3) is 35.4 Å². The molecule has 115 heavy (non-hydrogen) atoms. The van der Waals surface area contributed by atoms with Crippen molar-refractivity contribution in [3.05, 3.63) is 104 Å². The SMILES string of the molecule is CCCC(C)(CC)C(C)NC(=O)c1cc(CC)on1.CCCC(C)(CC)C(C)NC(=O)c1noc(CC)c1C.CCc1cc(C(=O)NC(C)C(C)(CC)CC)no1.CCc1cc(C(=O)NC(C)C(CC)(CC)CC)no1.CCc1onc(C(=O)NC(C)C(C)(CC)CC)c1C.CCc1onc(C(=O)NC(C)C(CC)(CC)CC)c1C. The van der Waals surface area contributed by atoms with Crippen molar-refractivity contribution in [3.8, 4) is 0 Å². The van der Waals surface area contributed by atoms with Crippen molar-refractivity contribution < 1.29 is 55.9 Å². The van der Waals surface area contributed by atoms with Gasteiger partial charge in [-0.25, -0.2) is 0 Å². The van der Waals surface area contributed by atoms with Crippen LogP contribution in [0.3, 0.4) is 0 Å². The number of carbonyl (C=O) groups excluding carboxylic acids is 6. The van der Waals surface area contributed by atoms with Crippen molar-refractivity contribution in [1.29, 1.82) is 0 Å². The Kier molecular flexibility index (Phi) is 46.3. The van der Waals surface area contributed by atoms with Crippen LogP contribution >= 0.6 is 0 Å². The molecule has 6 heterocycles. The van der Waals surface area contributed by atoms with Crippen molar-refractivity contribution in [3.63, 3.8) is 0 Å². The number of rotatable bonds is 40. The number of hydrogen-bond donors (Lipinski definition) is 6. The molecule has 0 bridgehead atoms. The first-order valence-electron chi connectivity index (χ1n) is 43.8. The van der Waals surface area contributed by atoms with Gasteiger partial charge in [-0.05, 0) is 185 Å². The normalized spacial score (nSPS) is 14.2. The molecule has 6 aromatic heterocycles. The highest BCUT2D eigenvalue weighted by molar-refractivity contribution is 5.96. The van der Waals surface area contributed by atoms with Crippen LogP contribution < -0.4 is 31.9 Å². The molecule has 24 heteroatoms. The van der Waals surface area contributed by atoms with Crippen molar-refractivity contribution in [1.82, 2.24) is 62.8 Å². The number of amides is 6. The summed E-state index contributed by atoms with van der Waals surface area (Å²) in [5, 5.41) is 41.5. The van der Waals surface area contributed by atoms with Gasteiger partial charge in [-0.15, -0.1) is 0 Å². The topological polar surface area (TPSA) is 331 Å². The lowest BCUT2D eigenvalue weighted by molar-refractivity contribution is 0.0852. The number of carbonyl (C=O) groups is 6. The molecule has 0 aliphatic rings. The molecule has 654 valence electrons. The Bertz CT molecular complexity index is 3780. The molecule has 0 aliphatic carbocycles. The summed E-state index contributed by atoms with van der Waals surface area (Å²) in [4.78, 5) is 73.2. The Morgan fingerprint density at radius 3 is 0.678 bits per heavy atom. The summed E-state index contributed by atoms with van der Waals surface area (Å²) in [6, 6.07) is 5.83. The highest BCUT2D eigenvalue weighted by Gasteiger charge is 2.37. The third-order valence-corrected chi connectivity index (χ3v) is 26.9. The van der Waals surface area contributed by atoms with Gasteiger partial charge in [0.1, 0.15) is 34.6 Å². The second-order valence-corrected chi connectivity index (χ2v) is 32.6. The average molecular weight is 1610 g/mol. The second kappa shape index (κ2) is 50.6. The van der Waals surface area contributed by atoms with E-state index < -0.39 is 0 Å². The minimum atomic E-state index is -0.154. The Balaban J connectivity index is 0.000000690. The van der Waals surface area contributed by atoms with E-state index >= 15 is 0 Å². The second-order valence-electron chi connectivity index (χ2n) is 32.6. The average Bonchev–Trinajstić information content (AvgIpc) is 1.68. The van der Waals surface area contributed by atoms with Crippen molar-refractivity contribution >= 4 is 35.4 Å². The van der Waals surface area contributed by atoms with Crippen LogP contribution in [-0.4, -0.2) is 103 Å². The molecule has 0 saturated heterocycles. The van der Waals surface area contributed by atoms with Gasteiger partial charge in [0.2, 0.25) is 0 Å². The van der Waals surface area contributed by atoms with E-state index in [0.717, 1.165) is 193 Å². The van der Waals surface area contributed by atoms with Crippen molar-refractivity contribution in [2.45, 2.75) is 406 Å². The molecule has 0 aliphatic heterocycles. The van der Waals surface area contributed by atoms with Gasteiger partial charge in [-0.3, -0.25) is 28.8 Å². The van der Waals surface area contributed by atoms with Gasteiger partial charge in [-0.1, -0.05) is 210 Å². The van der Waals surface area contributed by atoms with E-state index in [1.807, 2.05) is 69.2 Å². The first kappa shape index (κ1) is 105. The lowest BCUT2D eigenvalue weighted by atomic mass is 9.74. The zero-order chi connectivity index (χ0) is 88.0.